The van der Waals surface area contributed by atoms with Crippen LogP contribution in [0.1, 0.15) is 53.8 Å². The molecule has 0 saturated heterocycles. The smallest absolute Gasteiger partial charge is 0.135 e. The molecular formula is C45H26O. The Morgan fingerprint density at radius 1 is 0.413 bits per heavy atom. The van der Waals surface area contributed by atoms with E-state index in [2.05, 4.69) is 0 Å². The zero-order valence-corrected chi connectivity index (χ0v) is 23.1. The van der Waals surface area contributed by atoms with Gasteiger partial charge in [0.05, 0.1) is 36.9 Å². The van der Waals surface area contributed by atoms with Crippen molar-refractivity contribution in [3.8, 4) is 56.0 Å². The molecule has 8 aromatic carbocycles. The third-order valence-corrected chi connectivity index (χ3v) is 8.90. The van der Waals surface area contributed by atoms with Gasteiger partial charge in [-0.1, -0.05) is 133 Å². The predicted molar refractivity (Wildman–Crippen MR) is 189 cm³/mol. The van der Waals surface area contributed by atoms with E-state index < -0.39 is 205 Å². The minimum atomic E-state index is -2.75. The van der Waals surface area contributed by atoms with Crippen LogP contribution in [0.4, 0.5) is 0 Å². The molecule has 212 valence electrons. The molecule has 8 aromatic rings. The summed E-state index contributed by atoms with van der Waals surface area (Å²) < 4.78 is 216. The van der Waals surface area contributed by atoms with Crippen molar-refractivity contribution in [1.82, 2.24) is 0 Å². The first-order chi connectivity index (χ1) is 32.4. The van der Waals surface area contributed by atoms with Gasteiger partial charge in [-0.15, -0.1) is 0 Å². The Kier molecular flexibility index (Phi) is 2.15. The fourth-order valence-corrected chi connectivity index (χ4v) is 7.07. The van der Waals surface area contributed by atoms with E-state index in [1.54, 1.807) is 0 Å². The number of ether oxygens (including phenoxy) is 1. The SMILES string of the molecule is [2H]c1c([2H])c([2H])c2c(c1[2H])-c1c([2H])c([2H])c(-c3ccc4c(c3)-c3c([2H])c([2H])c([2H])c5c([2H])c([2H])c([2H])c(c35)O4)c([2H])c1C21c2c([2H])c([2H])c([2H])c([2H])c2-c2c([2H])c([2H])c([2H])c3c([2H])c([2H])c([2H])c1c23. The van der Waals surface area contributed by atoms with Crippen molar-refractivity contribution in [1.29, 1.82) is 0 Å². The summed E-state index contributed by atoms with van der Waals surface area (Å²) in [7, 11) is 0. The summed E-state index contributed by atoms with van der Waals surface area (Å²) in [5.74, 6) is -0.299. The molecule has 1 atom stereocenters. The topological polar surface area (TPSA) is 9.23 Å². The summed E-state index contributed by atoms with van der Waals surface area (Å²) in [6, 6.07) is -13.4. The molecule has 0 aromatic heterocycles. The predicted octanol–water partition coefficient (Wildman–Crippen LogP) is 11.8. The quantitative estimate of drug-likeness (QED) is 0.181. The van der Waals surface area contributed by atoms with Crippen LogP contribution in [0.15, 0.2) is 157 Å². The van der Waals surface area contributed by atoms with Crippen LogP contribution < -0.4 is 4.74 Å². The largest absolute Gasteiger partial charge is 0.456 e. The second kappa shape index (κ2) is 8.62. The summed E-state index contributed by atoms with van der Waals surface area (Å²) >= 11 is 0. The Bertz CT molecular complexity index is 3900. The fraction of sp³-hybridized carbons (Fsp3) is 0.0222. The standard InChI is InChI=1S/C45H26O/c1-3-17-37-31(13-1)33-23-21-30(29-22-24-41-36(25-29)35-16-6-10-28-12-8-20-42(46-41)44(28)35)26-40(33)45(37)38-18-4-2-14-32(38)34-15-5-9-27-11-7-19-39(45)43(27)34/h1-26H/i1D,2D,3D,4D,5D,6D,7D,8D,9D,10D,11D,12D,13D,14D,15D,16D,17D,18D,19D,20D,21D,23D,26D. The van der Waals surface area contributed by atoms with E-state index >= 15 is 0 Å². The number of hydrogen-bond acceptors (Lipinski definition) is 1. The summed E-state index contributed by atoms with van der Waals surface area (Å²) in [4.78, 5) is 0. The Labute approximate surface area is 299 Å². The first-order valence-electron chi connectivity index (χ1n) is 25.6. The van der Waals surface area contributed by atoms with E-state index in [4.69, 9.17) is 23.9 Å². The molecule has 0 fully saturated rings. The molecular weight excluding hydrogens is 556 g/mol. The Balaban J connectivity index is 1.39. The normalized spacial score (nSPS) is 23.1. The zero-order valence-electron chi connectivity index (χ0n) is 46.1. The average molecular weight is 606 g/mol. The second-order valence-electron chi connectivity index (χ2n) is 11.0. The molecule has 1 heterocycles. The third kappa shape index (κ3) is 2.91. The van der Waals surface area contributed by atoms with Crippen molar-refractivity contribution in [2.45, 2.75) is 5.41 Å². The highest BCUT2D eigenvalue weighted by Crippen LogP contribution is 2.62. The van der Waals surface area contributed by atoms with Crippen LogP contribution in [0.25, 0.3) is 66.1 Å². The van der Waals surface area contributed by atoms with E-state index in [0.717, 1.165) is 0 Å². The highest BCUT2D eigenvalue weighted by Gasteiger charge is 2.50. The molecule has 3 aliphatic rings. The van der Waals surface area contributed by atoms with Crippen LogP contribution >= 0.6 is 0 Å². The van der Waals surface area contributed by atoms with Crippen molar-refractivity contribution in [2.75, 3.05) is 0 Å². The molecule has 46 heavy (non-hydrogen) atoms. The van der Waals surface area contributed by atoms with Crippen molar-refractivity contribution in [2.24, 2.45) is 0 Å². The molecule has 0 amide bonds. The van der Waals surface area contributed by atoms with E-state index in [0.29, 0.717) is 0 Å². The fourth-order valence-electron chi connectivity index (χ4n) is 7.07. The number of rotatable bonds is 1. The molecule has 1 nitrogen and oxygen atoms in total. The van der Waals surface area contributed by atoms with E-state index in [1.165, 1.54) is 18.2 Å². The number of fused-ring (bicyclic) bond motifs is 11. The Hall–Kier alpha value is -5.92. The van der Waals surface area contributed by atoms with Crippen molar-refractivity contribution in [3.05, 3.63) is 179 Å². The molecule has 1 aliphatic heterocycles. The van der Waals surface area contributed by atoms with Gasteiger partial charge < -0.3 is 4.74 Å². The van der Waals surface area contributed by atoms with Crippen LogP contribution in [0.2, 0.25) is 0 Å². The zero-order chi connectivity index (χ0) is 50.0. The highest BCUT2D eigenvalue weighted by molar-refractivity contribution is 6.07. The maximum Gasteiger partial charge on any atom is 0.135 e. The van der Waals surface area contributed by atoms with Gasteiger partial charge in [0, 0.05) is 10.9 Å². The van der Waals surface area contributed by atoms with Gasteiger partial charge in [-0.2, -0.15) is 0 Å². The molecule has 0 saturated carbocycles. The lowest BCUT2D eigenvalue weighted by molar-refractivity contribution is 0.487. The monoisotopic (exact) mass is 605 g/mol. The summed E-state index contributed by atoms with van der Waals surface area (Å²) in [5.41, 5.74) is -7.41. The molecule has 1 unspecified atom stereocenters. The molecule has 1 spiro atoms. The van der Waals surface area contributed by atoms with Gasteiger partial charge >= 0.3 is 0 Å². The summed E-state index contributed by atoms with van der Waals surface area (Å²) in [6.07, 6.45) is 0. The summed E-state index contributed by atoms with van der Waals surface area (Å²) in [6.45, 7) is 0. The molecule has 0 N–H and O–H groups in total. The van der Waals surface area contributed by atoms with Crippen LogP contribution in [-0.2, 0) is 5.41 Å². The first-order valence-corrected chi connectivity index (χ1v) is 14.1. The van der Waals surface area contributed by atoms with Crippen molar-refractivity contribution in [3.63, 3.8) is 0 Å². The minimum Gasteiger partial charge on any atom is -0.456 e. The van der Waals surface area contributed by atoms with Gasteiger partial charge in [0.15, 0.2) is 0 Å². The Morgan fingerprint density at radius 3 is 1.78 bits per heavy atom. The van der Waals surface area contributed by atoms with E-state index in [9.17, 15) is 12.3 Å². The highest BCUT2D eigenvalue weighted by atomic mass is 16.5. The van der Waals surface area contributed by atoms with Crippen LogP contribution in [0.3, 0.4) is 0 Å². The Morgan fingerprint density at radius 2 is 1.00 bits per heavy atom. The van der Waals surface area contributed by atoms with Gasteiger partial charge in [-0.3, -0.25) is 0 Å². The lowest BCUT2D eigenvalue weighted by atomic mass is 9.61. The molecule has 0 radical (unpaired) electrons. The lowest BCUT2D eigenvalue weighted by Gasteiger charge is -2.40. The molecule has 1 heteroatoms. The minimum absolute atomic E-state index is 0.00619. The van der Waals surface area contributed by atoms with Crippen LogP contribution in [-0.4, -0.2) is 0 Å². The third-order valence-electron chi connectivity index (χ3n) is 8.90. The first kappa shape index (κ1) is 11.5. The average Bonchev–Trinajstić information content (AvgIpc) is 3.63. The molecule has 11 rings (SSSR count). The van der Waals surface area contributed by atoms with E-state index in [1.807, 2.05) is 0 Å². The van der Waals surface area contributed by atoms with Crippen molar-refractivity contribution >= 4 is 21.5 Å². The maximum absolute atomic E-state index is 10.3. The maximum atomic E-state index is 10.3. The van der Waals surface area contributed by atoms with Gasteiger partial charge in [0.1, 0.15) is 11.5 Å². The van der Waals surface area contributed by atoms with Gasteiger partial charge in [0.2, 0.25) is 0 Å². The summed E-state index contributed by atoms with van der Waals surface area (Å²) in [5, 5.41) is -1.25. The van der Waals surface area contributed by atoms with E-state index in [-0.39, 0.29) is 39.0 Å². The number of benzene rings is 8. The second-order valence-corrected chi connectivity index (χ2v) is 11.0. The van der Waals surface area contributed by atoms with Crippen molar-refractivity contribution < 1.29 is 36.3 Å². The van der Waals surface area contributed by atoms with Crippen LogP contribution in [0, 0.1) is 0 Å². The molecule has 0 bridgehead atoms. The van der Waals surface area contributed by atoms with Gasteiger partial charge in [-0.05, 0) is 102 Å². The van der Waals surface area contributed by atoms with Crippen LogP contribution in [0.5, 0.6) is 11.5 Å². The van der Waals surface area contributed by atoms with Gasteiger partial charge in [-0.25, -0.2) is 0 Å². The number of hydrogen-bond donors (Lipinski definition) is 0. The lowest BCUT2D eigenvalue weighted by Crippen LogP contribution is -2.31. The van der Waals surface area contributed by atoms with Gasteiger partial charge in [0.25, 0.3) is 0 Å². The molecule has 2 aliphatic carbocycles.